The highest BCUT2D eigenvalue weighted by Gasteiger charge is 2.30. The number of nitrogens with one attached hydrogen (secondary N) is 2. The van der Waals surface area contributed by atoms with Gasteiger partial charge in [0.1, 0.15) is 5.78 Å². The molecule has 4 aromatic rings. The second kappa shape index (κ2) is 18.5. The first-order chi connectivity index (χ1) is 25.9. The number of hydrogen-bond donors (Lipinski definition) is 2. The number of carbonyl (C=O) groups is 4. The van der Waals surface area contributed by atoms with Crippen molar-refractivity contribution in [2.75, 3.05) is 50.6 Å². The fraction of sp³-hybridized carbons (Fsp3) is 0.341. The Balaban J connectivity index is 1.34. The van der Waals surface area contributed by atoms with E-state index < -0.39 is 23.6 Å². The standard InChI is InChI=1S/C41H44F3N5O5/c1-48(21-17-34(50)13-8-22-54-2)40(53)31-11-7-10-29(24-31)39(52)47-36-15-14-33(49-19-4-3-5-20-49)26-35(36)37-25-30(16-18-45-37)38(51)46-27-28-9-6-12-32(23-28)41(42,43)44/h6-7,9-12,14-16,18,23-26H,3-5,8,13,17,19-22,27H2,1-2H3,(H,46,51)(H,47,52). The number of ketones is 1. The van der Waals surface area contributed by atoms with Crippen molar-refractivity contribution in [1.82, 2.24) is 15.2 Å². The molecule has 0 aliphatic carbocycles. The van der Waals surface area contributed by atoms with Crippen LogP contribution in [-0.2, 0) is 22.3 Å². The quantitative estimate of drug-likeness (QED) is 0.122. The molecule has 0 atom stereocenters. The number of rotatable bonds is 15. The lowest BCUT2D eigenvalue weighted by Crippen LogP contribution is -2.29. The monoisotopic (exact) mass is 743 g/mol. The van der Waals surface area contributed by atoms with Crippen molar-refractivity contribution in [3.8, 4) is 11.3 Å². The zero-order chi connectivity index (χ0) is 38.7. The average Bonchev–Trinajstić information content (AvgIpc) is 3.19. The van der Waals surface area contributed by atoms with Crippen LogP contribution in [0.1, 0.15) is 80.7 Å². The second-order valence-electron chi connectivity index (χ2n) is 13.2. The first kappa shape index (κ1) is 39.6. The van der Waals surface area contributed by atoms with Gasteiger partial charge in [-0.3, -0.25) is 24.2 Å². The van der Waals surface area contributed by atoms with Crippen LogP contribution in [0.15, 0.2) is 85.1 Å². The third-order valence-corrected chi connectivity index (χ3v) is 9.23. The molecule has 0 unspecified atom stereocenters. The van der Waals surface area contributed by atoms with E-state index in [0.29, 0.717) is 47.5 Å². The lowest BCUT2D eigenvalue weighted by molar-refractivity contribution is -0.137. The van der Waals surface area contributed by atoms with Gasteiger partial charge >= 0.3 is 6.18 Å². The molecule has 10 nitrogen and oxygen atoms in total. The summed E-state index contributed by atoms with van der Waals surface area (Å²) >= 11 is 0. The Morgan fingerprint density at radius 2 is 1.59 bits per heavy atom. The fourth-order valence-corrected chi connectivity index (χ4v) is 6.20. The number of hydrogen-bond acceptors (Lipinski definition) is 7. The summed E-state index contributed by atoms with van der Waals surface area (Å²) in [7, 11) is 3.19. The Kier molecular flexibility index (Phi) is 13.6. The molecule has 1 saturated heterocycles. The summed E-state index contributed by atoms with van der Waals surface area (Å²) < 4.78 is 44.6. The Bertz CT molecular complexity index is 1960. The lowest BCUT2D eigenvalue weighted by atomic mass is 10.0. The molecule has 1 aliphatic rings. The number of methoxy groups -OCH3 is 1. The lowest BCUT2D eigenvalue weighted by Gasteiger charge is -2.29. The van der Waals surface area contributed by atoms with Gasteiger partial charge in [0.25, 0.3) is 17.7 Å². The van der Waals surface area contributed by atoms with Crippen LogP contribution in [0.3, 0.4) is 0 Å². The number of alkyl halides is 3. The number of piperidine rings is 1. The highest BCUT2D eigenvalue weighted by Crippen LogP contribution is 2.33. The van der Waals surface area contributed by atoms with Crippen molar-refractivity contribution < 1.29 is 37.1 Å². The fourth-order valence-electron chi connectivity index (χ4n) is 6.20. The van der Waals surface area contributed by atoms with E-state index in [-0.39, 0.29) is 42.3 Å². The molecular formula is C41H44F3N5O5. The molecule has 1 aliphatic heterocycles. The Morgan fingerprint density at radius 3 is 2.35 bits per heavy atom. The van der Waals surface area contributed by atoms with Crippen LogP contribution >= 0.6 is 0 Å². The van der Waals surface area contributed by atoms with Gasteiger partial charge in [0.05, 0.1) is 16.9 Å². The average molecular weight is 744 g/mol. The van der Waals surface area contributed by atoms with Crippen LogP contribution in [0.2, 0.25) is 0 Å². The van der Waals surface area contributed by atoms with Crippen molar-refractivity contribution in [3.05, 3.63) is 113 Å². The summed E-state index contributed by atoms with van der Waals surface area (Å²) in [5.41, 5.74) is 2.58. The third kappa shape index (κ3) is 10.8. The topological polar surface area (TPSA) is 121 Å². The smallest absolute Gasteiger partial charge is 0.385 e. The summed E-state index contributed by atoms with van der Waals surface area (Å²) in [5, 5.41) is 5.64. The van der Waals surface area contributed by atoms with E-state index in [1.54, 1.807) is 44.5 Å². The van der Waals surface area contributed by atoms with E-state index in [0.717, 1.165) is 50.2 Å². The maximum absolute atomic E-state index is 13.7. The second-order valence-corrected chi connectivity index (χ2v) is 13.2. The number of ether oxygens (including phenoxy) is 1. The van der Waals surface area contributed by atoms with Crippen LogP contribution in [0, 0.1) is 0 Å². The van der Waals surface area contributed by atoms with E-state index in [1.807, 2.05) is 12.1 Å². The number of benzene rings is 3. The number of amides is 3. The predicted octanol–water partition coefficient (Wildman–Crippen LogP) is 7.40. The summed E-state index contributed by atoms with van der Waals surface area (Å²) in [4.78, 5) is 60.6. The Morgan fingerprint density at radius 1 is 0.852 bits per heavy atom. The van der Waals surface area contributed by atoms with E-state index in [2.05, 4.69) is 20.5 Å². The molecule has 0 spiro atoms. The molecule has 2 heterocycles. The number of carbonyl (C=O) groups excluding carboxylic acids is 4. The maximum atomic E-state index is 13.7. The molecule has 0 saturated carbocycles. The first-order valence-electron chi connectivity index (χ1n) is 17.9. The molecule has 0 radical (unpaired) electrons. The molecule has 284 valence electrons. The number of pyridine rings is 1. The number of anilines is 2. The normalized spacial score (nSPS) is 12.9. The minimum Gasteiger partial charge on any atom is -0.385 e. The molecule has 3 aromatic carbocycles. The number of aromatic nitrogens is 1. The zero-order valence-corrected chi connectivity index (χ0v) is 30.4. The van der Waals surface area contributed by atoms with Crippen molar-refractivity contribution in [2.45, 2.75) is 51.2 Å². The molecule has 0 bridgehead atoms. The SMILES string of the molecule is COCCCC(=O)CCN(C)C(=O)c1cccc(C(=O)Nc2ccc(N3CCCCC3)cc2-c2cc(C(=O)NCc3cccc(C(F)(F)F)c3)ccn2)c1. The van der Waals surface area contributed by atoms with Crippen molar-refractivity contribution in [3.63, 3.8) is 0 Å². The Labute approximate surface area is 312 Å². The molecule has 3 amide bonds. The van der Waals surface area contributed by atoms with Crippen LogP contribution in [0.5, 0.6) is 0 Å². The largest absolute Gasteiger partial charge is 0.416 e. The van der Waals surface area contributed by atoms with Gasteiger partial charge in [-0.05, 0) is 91.9 Å². The highest BCUT2D eigenvalue weighted by molar-refractivity contribution is 6.08. The van der Waals surface area contributed by atoms with Gasteiger partial charge in [-0.15, -0.1) is 0 Å². The van der Waals surface area contributed by atoms with Crippen molar-refractivity contribution in [2.24, 2.45) is 0 Å². The maximum Gasteiger partial charge on any atom is 0.416 e. The first-order valence-corrected chi connectivity index (χ1v) is 17.9. The van der Waals surface area contributed by atoms with Gasteiger partial charge < -0.3 is 25.2 Å². The molecule has 1 aromatic heterocycles. The Hall–Kier alpha value is -5.56. The van der Waals surface area contributed by atoms with Gasteiger partial charge in [-0.2, -0.15) is 13.2 Å². The molecule has 1 fully saturated rings. The van der Waals surface area contributed by atoms with Gasteiger partial charge in [-0.25, -0.2) is 0 Å². The molecule has 54 heavy (non-hydrogen) atoms. The van der Waals surface area contributed by atoms with E-state index in [9.17, 15) is 32.3 Å². The van der Waals surface area contributed by atoms with Gasteiger partial charge in [0, 0.05) is 93.9 Å². The van der Waals surface area contributed by atoms with Crippen LogP contribution < -0.4 is 15.5 Å². The summed E-state index contributed by atoms with van der Waals surface area (Å²) in [5.74, 6) is -1.26. The van der Waals surface area contributed by atoms with E-state index in [4.69, 9.17) is 4.74 Å². The van der Waals surface area contributed by atoms with Crippen molar-refractivity contribution in [1.29, 1.82) is 0 Å². The summed E-state index contributed by atoms with van der Waals surface area (Å²) in [6.07, 6.45) is 1.41. The number of Topliss-reactive ketones (excluding diaryl/α,β-unsaturated/α-hetero) is 1. The molecule has 5 rings (SSSR count). The minimum absolute atomic E-state index is 0.0396. The van der Waals surface area contributed by atoms with Gasteiger partial charge in [0.15, 0.2) is 0 Å². The third-order valence-electron chi connectivity index (χ3n) is 9.23. The van der Waals surface area contributed by atoms with E-state index >= 15 is 0 Å². The predicted molar refractivity (Wildman–Crippen MR) is 200 cm³/mol. The number of halogens is 3. The molecular weight excluding hydrogens is 699 g/mol. The highest BCUT2D eigenvalue weighted by atomic mass is 19.4. The number of nitrogens with zero attached hydrogens (tertiary/aromatic N) is 3. The van der Waals surface area contributed by atoms with Crippen molar-refractivity contribution >= 4 is 34.9 Å². The summed E-state index contributed by atoms with van der Waals surface area (Å²) in [6, 6.07) is 19.8. The van der Waals surface area contributed by atoms with E-state index in [1.165, 1.54) is 35.4 Å². The van der Waals surface area contributed by atoms with Crippen LogP contribution in [-0.4, -0.2) is 73.8 Å². The van der Waals surface area contributed by atoms with Crippen LogP contribution in [0.4, 0.5) is 24.5 Å². The van der Waals surface area contributed by atoms with Crippen LogP contribution in [0.25, 0.3) is 11.3 Å². The minimum atomic E-state index is -4.50. The van der Waals surface area contributed by atoms with Gasteiger partial charge in [-0.1, -0.05) is 18.2 Å². The van der Waals surface area contributed by atoms with Gasteiger partial charge in [0.2, 0.25) is 0 Å². The summed E-state index contributed by atoms with van der Waals surface area (Å²) in [6.45, 7) is 2.36. The zero-order valence-electron chi connectivity index (χ0n) is 30.4. The molecule has 2 N–H and O–H groups in total. The molecule has 13 heteroatoms.